The minimum absolute atomic E-state index is 0.471. The molecule has 0 bridgehead atoms. The van der Waals surface area contributed by atoms with Crippen molar-refractivity contribution in [2.75, 3.05) is 5.73 Å². The first kappa shape index (κ1) is 6.72. The van der Waals surface area contributed by atoms with E-state index in [1.807, 2.05) is 0 Å². The van der Waals surface area contributed by atoms with Crippen molar-refractivity contribution in [3.05, 3.63) is 28.2 Å². The van der Waals surface area contributed by atoms with E-state index in [2.05, 4.69) is 6.07 Å². The SMILES string of the molecule is Nc1c[c]c(Cl)cc1Cl. The molecule has 9 heavy (non-hydrogen) atoms. The molecule has 0 saturated carbocycles. The maximum absolute atomic E-state index is 5.58. The molecule has 1 nitrogen and oxygen atoms in total. The van der Waals surface area contributed by atoms with Crippen LogP contribution in [0, 0.1) is 6.07 Å². The van der Waals surface area contributed by atoms with E-state index in [-0.39, 0.29) is 0 Å². The van der Waals surface area contributed by atoms with Gasteiger partial charge in [0.15, 0.2) is 0 Å². The van der Waals surface area contributed by atoms with Gasteiger partial charge in [-0.25, -0.2) is 0 Å². The predicted molar refractivity (Wildman–Crippen MR) is 39.7 cm³/mol. The molecule has 1 rings (SSSR count). The van der Waals surface area contributed by atoms with Crippen LogP contribution in [0.4, 0.5) is 5.69 Å². The van der Waals surface area contributed by atoms with Gasteiger partial charge in [-0.1, -0.05) is 23.2 Å². The zero-order chi connectivity index (χ0) is 6.85. The molecule has 0 amide bonds. The quantitative estimate of drug-likeness (QED) is 0.580. The van der Waals surface area contributed by atoms with Crippen LogP contribution >= 0.6 is 23.2 Å². The zero-order valence-corrected chi connectivity index (χ0v) is 6.00. The number of hydrogen-bond donors (Lipinski definition) is 1. The Labute approximate surface area is 63.4 Å². The Hall–Kier alpha value is -0.400. The Morgan fingerprint density at radius 1 is 1.44 bits per heavy atom. The summed E-state index contributed by atoms with van der Waals surface area (Å²) in [7, 11) is 0. The molecule has 0 spiro atoms. The molecule has 2 N–H and O–H groups in total. The van der Waals surface area contributed by atoms with Gasteiger partial charge in [-0.05, 0) is 12.1 Å². The van der Waals surface area contributed by atoms with Gasteiger partial charge in [-0.2, -0.15) is 0 Å². The molecule has 0 heterocycles. The summed E-state index contributed by atoms with van der Waals surface area (Å²) in [5.74, 6) is 0. The highest BCUT2D eigenvalue weighted by atomic mass is 35.5. The van der Waals surface area contributed by atoms with Crippen LogP contribution in [-0.4, -0.2) is 0 Å². The first-order valence-electron chi connectivity index (χ1n) is 2.32. The highest BCUT2D eigenvalue weighted by Crippen LogP contribution is 2.21. The minimum atomic E-state index is 0.471. The molecular weight excluding hydrogens is 157 g/mol. The van der Waals surface area contributed by atoms with Gasteiger partial charge in [0.25, 0.3) is 0 Å². The number of anilines is 1. The smallest absolute Gasteiger partial charge is 0.0650 e. The van der Waals surface area contributed by atoms with Gasteiger partial charge in [0.1, 0.15) is 0 Å². The molecule has 0 aromatic heterocycles. The van der Waals surface area contributed by atoms with Crippen LogP contribution in [0.3, 0.4) is 0 Å². The highest BCUT2D eigenvalue weighted by Gasteiger charge is 1.94. The van der Waals surface area contributed by atoms with Crippen LogP contribution < -0.4 is 5.73 Å². The summed E-state index contributed by atoms with van der Waals surface area (Å²) in [5.41, 5.74) is 5.87. The Kier molecular flexibility index (Phi) is 1.84. The van der Waals surface area contributed by atoms with Crippen LogP contribution in [0.15, 0.2) is 12.1 Å². The van der Waals surface area contributed by atoms with E-state index in [1.54, 1.807) is 12.1 Å². The number of halogens is 2. The summed E-state index contributed by atoms with van der Waals surface area (Å²) < 4.78 is 0. The average Bonchev–Trinajstić information content (AvgIpc) is 1.80. The third-order valence-electron chi connectivity index (χ3n) is 0.895. The van der Waals surface area contributed by atoms with Gasteiger partial charge < -0.3 is 5.73 Å². The molecule has 1 radical (unpaired) electrons. The molecule has 0 fully saturated rings. The Morgan fingerprint density at radius 3 is 2.56 bits per heavy atom. The Balaban J connectivity index is 3.17. The molecule has 0 aliphatic heterocycles. The lowest BCUT2D eigenvalue weighted by Gasteiger charge is -1.94. The summed E-state index contributed by atoms with van der Waals surface area (Å²) >= 11 is 11.1. The molecule has 0 saturated heterocycles. The fraction of sp³-hybridized carbons (Fsp3) is 0. The average molecular weight is 161 g/mol. The Morgan fingerprint density at radius 2 is 2.11 bits per heavy atom. The van der Waals surface area contributed by atoms with E-state index in [4.69, 9.17) is 28.9 Å². The van der Waals surface area contributed by atoms with Crippen molar-refractivity contribution in [1.82, 2.24) is 0 Å². The van der Waals surface area contributed by atoms with Crippen molar-refractivity contribution in [1.29, 1.82) is 0 Å². The van der Waals surface area contributed by atoms with Gasteiger partial charge in [-0.3, -0.25) is 0 Å². The van der Waals surface area contributed by atoms with Gasteiger partial charge in [-0.15, -0.1) is 0 Å². The standard InChI is InChI=1S/C6H4Cl2N/c7-4-1-2-6(9)5(8)3-4/h2-3H,9H2. The molecular formula is C6H4Cl2N. The van der Waals surface area contributed by atoms with Crippen LogP contribution in [0.5, 0.6) is 0 Å². The van der Waals surface area contributed by atoms with E-state index in [1.165, 1.54) is 0 Å². The van der Waals surface area contributed by atoms with E-state index >= 15 is 0 Å². The molecule has 47 valence electrons. The van der Waals surface area contributed by atoms with Crippen LogP contribution in [0.2, 0.25) is 10.0 Å². The molecule has 0 aliphatic rings. The van der Waals surface area contributed by atoms with Gasteiger partial charge in [0.05, 0.1) is 15.7 Å². The monoisotopic (exact) mass is 160 g/mol. The largest absolute Gasteiger partial charge is 0.398 e. The summed E-state index contributed by atoms with van der Waals surface area (Å²) in [4.78, 5) is 0. The first-order valence-corrected chi connectivity index (χ1v) is 3.08. The van der Waals surface area contributed by atoms with Crippen LogP contribution in [0.1, 0.15) is 0 Å². The lowest BCUT2D eigenvalue weighted by atomic mass is 10.3. The molecule has 1 aromatic carbocycles. The summed E-state index contributed by atoms with van der Waals surface area (Å²) in [5, 5.41) is 0.952. The number of benzene rings is 1. The van der Waals surface area contributed by atoms with E-state index in [0.717, 1.165) is 0 Å². The molecule has 0 unspecified atom stereocenters. The Bertz CT molecular complexity index is 222. The number of nitrogens with two attached hydrogens (primary N) is 1. The van der Waals surface area contributed by atoms with Crippen molar-refractivity contribution in [3.8, 4) is 0 Å². The molecule has 1 aromatic rings. The lowest BCUT2D eigenvalue weighted by molar-refractivity contribution is 1.67. The summed E-state index contributed by atoms with van der Waals surface area (Å²) in [6.45, 7) is 0. The first-order chi connectivity index (χ1) is 4.20. The highest BCUT2D eigenvalue weighted by molar-refractivity contribution is 6.36. The van der Waals surface area contributed by atoms with Crippen LogP contribution in [0.25, 0.3) is 0 Å². The van der Waals surface area contributed by atoms with E-state index in [0.29, 0.717) is 15.7 Å². The maximum atomic E-state index is 5.58. The summed E-state index contributed by atoms with van der Waals surface area (Å²) in [6, 6.07) is 5.80. The topological polar surface area (TPSA) is 26.0 Å². The number of hydrogen-bond acceptors (Lipinski definition) is 1. The molecule has 3 heteroatoms. The molecule has 0 atom stereocenters. The van der Waals surface area contributed by atoms with Crippen molar-refractivity contribution in [2.24, 2.45) is 0 Å². The van der Waals surface area contributed by atoms with Gasteiger partial charge >= 0.3 is 0 Å². The fourth-order valence-electron chi connectivity index (χ4n) is 0.452. The zero-order valence-electron chi connectivity index (χ0n) is 4.49. The minimum Gasteiger partial charge on any atom is -0.398 e. The van der Waals surface area contributed by atoms with E-state index in [9.17, 15) is 0 Å². The second-order valence-electron chi connectivity index (χ2n) is 1.58. The van der Waals surface area contributed by atoms with Crippen molar-refractivity contribution in [2.45, 2.75) is 0 Å². The predicted octanol–water partition coefficient (Wildman–Crippen LogP) is 2.38. The van der Waals surface area contributed by atoms with Crippen molar-refractivity contribution in [3.63, 3.8) is 0 Å². The number of rotatable bonds is 0. The van der Waals surface area contributed by atoms with Gasteiger partial charge in [0.2, 0.25) is 0 Å². The third-order valence-corrected chi connectivity index (χ3v) is 1.44. The van der Waals surface area contributed by atoms with Crippen LogP contribution in [-0.2, 0) is 0 Å². The lowest BCUT2D eigenvalue weighted by Crippen LogP contribution is -1.84. The number of nitrogen functional groups attached to an aromatic ring is 1. The summed E-state index contributed by atoms with van der Waals surface area (Å²) in [6.07, 6.45) is 0. The maximum Gasteiger partial charge on any atom is 0.0650 e. The van der Waals surface area contributed by atoms with Gasteiger partial charge in [0, 0.05) is 6.07 Å². The second kappa shape index (κ2) is 2.46. The van der Waals surface area contributed by atoms with Crippen molar-refractivity contribution >= 4 is 28.9 Å². The van der Waals surface area contributed by atoms with E-state index < -0.39 is 0 Å². The van der Waals surface area contributed by atoms with Crippen molar-refractivity contribution < 1.29 is 0 Å². The second-order valence-corrected chi connectivity index (χ2v) is 2.40. The molecule has 0 aliphatic carbocycles. The fourth-order valence-corrected chi connectivity index (χ4v) is 0.835. The third kappa shape index (κ3) is 1.50. The normalized spacial score (nSPS) is 9.56.